The summed E-state index contributed by atoms with van der Waals surface area (Å²) in [5.41, 5.74) is 10.0. The molecular formula is C35H42N+. The Bertz CT molecular complexity index is 1390. The monoisotopic (exact) mass is 476 g/mol. The molecule has 1 fully saturated rings. The van der Waals surface area contributed by atoms with Gasteiger partial charge in [-0.25, -0.2) is 4.57 Å². The Labute approximate surface area is 218 Å². The van der Waals surface area contributed by atoms with Gasteiger partial charge in [0.1, 0.15) is 7.05 Å². The van der Waals surface area contributed by atoms with Gasteiger partial charge in [-0.15, -0.1) is 0 Å². The molecule has 0 radical (unpaired) electrons. The van der Waals surface area contributed by atoms with E-state index in [2.05, 4.69) is 126 Å². The minimum absolute atomic E-state index is 0.0718. The Balaban J connectivity index is 1.54. The van der Waals surface area contributed by atoms with Gasteiger partial charge in [-0.2, -0.15) is 0 Å². The minimum atomic E-state index is 0.0718. The molecule has 0 atom stereocenters. The molecule has 0 amide bonds. The Kier molecular flexibility index (Phi) is 6.31. The van der Waals surface area contributed by atoms with E-state index in [1.165, 1.54) is 75.5 Å². The number of hydrogen-bond donors (Lipinski definition) is 0. The Morgan fingerprint density at radius 2 is 1.44 bits per heavy atom. The van der Waals surface area contributed by atoms with Gasteiger partial charge in [-0.05, 0) is 94.0 Å². The first-order chi connectivity index (χ1) is 17.0. The van der Waals surface area contributed by atoms with Gasteiger partial charge in [-0.3, -0.25) is 0 Å². The van der Waals surface area contributed by atoms with E-state index in [1.54, 1.807) is 0 Å². The summed E-state index contributed by atoms with van der Waals surface area (Å²) < 4.78 is 2.27. The third-order valence-corrected chi connectivity index (χ3v) is 8.60. The highest BCUT2D eigenvalue weighted by Gasteiger charge is 2.28. The van der Waals surface area contributed by atoms with Gasteiger partial charge in [0.2, 0.25) is 5.69 Å². The van der Waals surface area contributed by atoms with Crippen molar-refractivity contribution in [2.45, 2.75) is 78.6 Å². The standard InChI is InChI=1S/C35H42N/c1-24-29-10-8-9-11-30(29)32(34(2,3)4)23-31(24)33-22-28(18-21-36(33)7)26-14-12-25(13-15-26)27-16-19-35(5,6)20-17-27/h8-15,18,21-23,27H,16-17,19-20H2,1-7H3/q+1. The highest BCUT2D eigenvalue weighted by molar-refractivity contribution is 5.94. The molecule has 36 heavy (non-hydrogen) atoms. The molecule has 1 heterocycles. The third kappa shape index (κ3) is 4.73. The van der Waals surface area contributed by atoms with Crippen molar-refractivity contribution in [1.82, 2.24) is 0 Å². The van der Waals surface area contributed by atoms with Crippen LogP contribution in [-0.2, 0) is 12.5 Å². The maximum absolute atomic E-state index is 2.43. The Hall–Kier alpha value is -2.93. The molecule has 3 aromatic carbocycles. The van der Waals surface area contributed by atoms with E-state index in [0.717, 1.165) is 0 Å². The summed E-state index contributed by atoms with van der Waals surface area (Å²) in [7, 11) is 2.16. The van der Waals surface area contributed by atoms with Crippen LogP contribution in [0.4, 0.5) is 0 Å². The SMILES string of the molecule is Cc1c(-c2cc(-c3ccc(C4CCC(C)(C)CC4)cc3)cc[n+]2C)cc(C(C)(C)C)c2ccccc12. The maximum Gasteiger partial charge on any atom is 0.213 e. The second-order valence-corrected chi connectivity index (χ2v) is 12.9. The van der Waals surface area contributed by atoms with Crippen LogP contribution < -0.4 is 4.57 Å². The Morgan fingerprint density at radius 3 is 2.08 bits per heavy atom. The van der Waals surface area contributed by atoms with Crippen molar-refractivity contribution in [2.75, 3.05) is 0 Å². The van der Waals surface area contributed by atoms with E-state index in [0.29, 0.717) is 11.3 Å². The van der Waals surface area contributed by atoms with Gasteiger partial charge in [0.15, 0.2) is 6.20 Å². The predicted molar refractivity (Wildman–Crippen MR) is 154 cm³/mol. The number of rotatable bonds is 3. The normalized spacial score (nSPS) is 16.4. The summed E-state index contributed by atoms with van der Waals surface area (Å²) >= 11 is 0. The van der Waals surface area contributed by atoms with Gasteiger partial charge >= 0.3 is 0 Å². The number of fused-ring (bicyclic) bond motifs is 1. The van der Waals surface area contributed by atoms with E-state index in [4.69, 9.17) is 0 Å². The molecule has 0 N–H and O–H groups in total. The second-order valence-electron chi connectivity index (χ2n) is 12.9. The molecule has 1 aromatic heterocycles. The second kappa shape index (κ2) is 9.18. The largest absolute Gasteiger partial charge is 0.213 e. The molecule has 1 saturated carbocycles. The number of nitrogens with zero attached hydrogens (tertiary/aromatic N) is 1. The van der Waals surface area contributed by atoms with Crippen LogP contribution in [0.15, 0.2) is 72.9 Å². The first kappa shape index (κ1) is 24.8. The van der Waals surface area contributed by atoms with Crippen molar-refractivity contribution in [2.24, 2.45) is 12.5 Å². The molecule has 0 aliphatic heterocycles. The molecule has 1 aliphatic rings. The van der Waals surface area contributed by atoms with E-state index in [1.807, 2.05) is 0 Å². The van der Waals surface area contributed by atoms with Crippen molar-refractivity contribution in [3.05, 3.63) is 89.6 Å². The number of aryl methyl sites for hydroxylation is 2. The van der Waals surface area contributed by atoms with E-state index >= 15 is 0 Å². The molecule has 186 valence electrons. The molecule has 1 aliphatic carbocycles. The highest BCUT2D eigenvalue weighted by atomic mass is 14.9. The number of hydrogen-bond acceptors (Lipinski definition) is 0. The van der Waals surface area contributed by atoms with Gasteiger partial charge in [0.25, 0.3) is 0 Å². The number of aromatic nitrogens is 1. The van der Waals surface area contributed by atoms with Crippen LogP contribution >= 0.6 is 0 Å². The molecular weight excluding hydrogens is 434 g/mol. The van der Waals surface area contributed by atoms with Gasteiger partial charge < -0.3 is 0 Å². The van der Waals surface area contributed by atoms with E-state index < -0.39 is 0 Å². The van der Waals surface area contributed by atoms with Crippen molar-refractivity contribution in [3.8, 4) is 22.4 Å². The summed E-state index contributed by atoms with van der Waals surface area (Å²) in [6.07, 6.45) is 7.51. The molecule has 0 spiro atoms. The van der Waals surface area contributed by atoms with Crippen molar-refractivity contribution in [3.63, 3.8) is 0 Å². The first-order valence-corrected chi connectivity index (χ1v) is 13.7. The zero-order chi connectivity index (χ0) is 25.7. The lowest BCUT2D eigenvalue weighted by atomic mass is 9.71. The number of benzene rings is 3. The maximum atomic E-state index is 2.43. The zero-order valence-corrected chi connectivity index (χ0v) is 23.3. The zero-order valence-electron chi connectivity index (χ0n) is 23.3. The lowest BCUT2D eigenvalue weighted by molar-refractivity contribution is -0.660. The van der Waals surface area contributed by atoms with Crippen LogP contribution in [-0.4, -0.2) is 0 Å². The summed E-state index contributed by atoms with van der Waals surface area (Å²) in [4.78, 5) is 0. The minimum Gasteiger partial charge on any atom is -0.201 e. The van der Waals surface area contributed by atoms with Crippen LogP contribution in [0.5, 0.6) is 0 Å². The fourth-order valence-corrected chi connectivity index (χ4v) is 6.10. The molecule has 4 aromatic rings. The van der Waals surface area contributed by atoms with Crippen LogP contribution in [0.3, 0.4) is 0 Å². The Morgan fingerprint density at radius 1 is 0.806 bits per heavy atom. The van der Waals surface area contributed by atoms with Crippen molar-refractivity contribution < 1.29 is 4.57 Å². The third-order valence-electron chi connectivity index (χ3n) is 8.60. The number of pyridine rings is 1. The average Bonchev–Trinajstić information content (AvgIpc) is 2.84. The molecule has 5 rings (SSSR count). The summed E-state index contributed by atoms with van der Waals surface area (Å²) in [5.74, 6) is 0.715. The van der Waals surface area contributed by atoms with Gasteiger partial charge in [-0.1, -0.05) is 83.1 Å². The fourth-order valence-electron chi connectivity index (χ4n) is 6.10. The van der Waals surface area contributed by atoms with E-state index in [9.17, 15) is 0 Å². The summed E-state index contributed by atoms with van der Waals surface area (Å²) in [6.45, 7) is 14.1. The van der Waals surface area contributed by atoms with E-state index in [-0.39, 0.29) is 5.41 Å². The lowest BCUT2D eigenvalue weighted by Crippen LogP contribution is -2.30. The lowest BCUT2D eigenvalue weighted by Gasteiger charge is -2.34. The van der Waals surface area contributed by atoms with Crippen LogP contribution in [0.1, 0.15) is 82.9 Å². The fraction of sp³-hybridized carbons (Fsp3) is 0.400. The predicted octanol–water partition coefficient (Wildman–Crippen LogP) is 9.29. The van der Waals surface area contributed by atoms with Crippen molar-refractivity contribution >= 4 is 10.8 Å². The molecule has 1 nitrogen and oxygen atoms in total. The average molecular weight is 477 g/mol. The molecule has 0 saturated heterocycles. The first-order valence-electron chi connectivity index (χ1n) is 13.7. The van der Waals surface area contributed by atoms with Crippen LogP contribution in [0.25, 0.3) is 33.2 Å². The highest BCUT2D eigenvalue weighted by Crippen LogP contribution is 2.43. The molecule has 0 bridgehead atoms. The quantitative estimate of drug-likeness (QED) is 0.259. The topological polar surface area (TPSA) is 3.88 Å². The van der Waals surface area contributed by atoms with Crippen molar-refractivity contribution in [1.29, 1.82) is 0 Å². The van der Waals surface area contributed by atoms with Gasteiger partial charge in [0, 0.05) is 17.7 Å². The summed E-state index contributed by atoms with van der Waals surface area (Å²) in [5, 5.41) is 2.72. The molecule has 0 unspecified atom stereocenters. The molecule has 1 heteroatoms. The summed E-state index contributed by atoms with van der Waals surface area (Å²) in [6, 6.07) is 25.4. The van der Waals surface area contributed by atoms with Crippen LogP contribution in [0, 0.1) is 12.3 Å². The van der Waals surface area contributed by atoms with Gasteiger partial charge in [0.05, 0.1) is 0 Å². The smallest absolute Gasteiger partial charge is 0.201 e. The van der Waals surface area contributed by atoms with Crippen LogP contribution in [0.2, 0.25) is 0 Å².